The first-order valence-electron chi connectivity index (χ1n) is 4.67. The van der Waals surface area contributed by atoms with Crippen molar-refractivity contribution in [2.75, 3.05) is 13.1 Å². The molecule has 1 amide bonds. The molecule has 0 aromatic rings. The molecule has 0 aliphatic heterocycles. The third kappa shape index (κ3) is 7.86. The van der Waals surface area contributed by atoms with E-state index in [1.54, 1.807) is 5.32 Å². The number of aliphatic hydroxyl groups excluding tert-OH is 1. The number of amides is 1. The van der Waals surface area contributed by atoms with Gasteiger partial charge in [-0.3, -0.25) is 4.79 Å². The van der Waals surface area contributed by atoms with Gasteiger partial charge in [-0.05, 0) is 6.92 Å². The monoisotopic (exact) mass is 264 g/mol. The third-order valence-corrected chi connectivity index (χ3v) is 1.78. The molecule has 0 spiro atoms. The highest BCUT2D eigenvalue weighted by molar-refractivity contribution is 5.81. The molecule has 17 heavy (non-hydrogen) atoms. The largest absolute Gasteiger partial charge is 0.405 e. The number of alkyl halides is 5. The summed E-state index contributed by atoms with van der Waals surface area (Å²) in [7, 11) is 0. The number of hydrogen-bond donors (Lipinski definition) is 3. The van der Waals surface area contributed by atoms with Crippen molar-refractivity contribution in [3.63, 3.8) is 0 Å². The molecule has 0 aromatic carbocycles. The first-order valence-corrected chi connectivity index (χ1v) is 4.67. The van der Waals surface area contributed by atoms with Crippen LogP contribution < -0.4 is 10.6 Å². The molecule has 2 atom stereocenters. The summed E-state index contributed by atoms with van der Waals surface area (Å²) in [5.74, 6) is -0.983. The highest BCUT2D eigenvalue weighted by atomic mass is 19.4. The number of carbonyl (C=O) groups excluding carboxylic acids is 1. The second-order valence-electron chi connectivity index (χ2n) is 3.36. The van der Waals surface area contributed by atoms with Gasteiger partial charge in [-0.25, -0.2) is 8.78 Å². The maximum atomic E-state index is 11.8. The van der Waals surface area contributed by atoms with Crippen LogP contribution in [0.3, 0.4) is 0 Å². The number of hydrogen-bond acceptors (Lipinski definition) is 3. The molecular formula is C8H13F5N2O2. The molecule has 2 unspecified atom stereocenters. The Kier molecular flexibility index (Phi) is 6.32. The molecule has 0 aromatic heterocycles. The van der Waals surface area contributed by atoms with E-state index < -0.39 is 43.7 Å². The van der Waals surface area contributed by atoms with Crippen molar-refractivity contribution in [3.8, 4) is 0 Å². The molecule has 3 N–H and O–H groups in total. The molecule has 0 aliphatic carbocycles. The van der Waals surface area contributed by atoms with Crippen molar-refractivity contribution in [3.05, 3.63) is 0 Å². The zero-order chi connectivity index (χ0) is 13.6. The van der Waals surface area contributed by atoms with Crippen LogP contribution in [0, 0.1) is 0 Å². The Hall–Kier alpha value is -0.960. The standard InChI is InChI=1S/C8H13F5N2O2/c1-4(14-2-5(16)6(9)10)7(17)15-3-8(11,12)13/h4-6,14,16H,2-3H2,1H3,(H,15,17). The van der Waals surface area contributed by atoms with Crippen molar-refractivity contribution < 1.29 is 31.9 Å². The molecule has 0 aliphatic rings. The first-order chi connectivity index (χ1) is 7.63. The summed E-state index contributed by atoms with van der Waals surface area (Å²) in [6.07, 6.45) is -9.47. The van der Waals surface area contributed by atoms with E-state index in [-0.39, 0.29) is 0 Å². The van der Waals surface area contributed by atoms with Crippen LogP contribution in [-0.2, 0) is 4.79 Å². The minimum absolute atomic E-state index is 0.585. The van der Waals surface area contributed by atoms with Gasteiger partial charge in [-0.1, -0.05) is 0 Å². The lowest BCUT2D eigenvalue weighted by atomic mass is 10.3. The smallest absolute Gasteiger partial charge is 0.386 e. The van der Waals surface area contributed by atoms with Crippen molar-refractivity contribution in [2.24, 2.45) is 0 Å². The van der Waals surface area contributed by atoms with Crippen LogP contribution in [0.2, 0.25) is 0 Å². The lowest BCUT2D eigenvalue weighted by molar-refractivity contribution is -0.139. The molecule has 9 heteroatoms. The van der Waals surface area contributed by atoms with E-state index in [1.807, 2.05) is 0 Å². The van der Waals surface area contributed by atoms with Gasteiger partial charge < -0.3 is 15.7 Å². The van der Waals surface area contributed by atoms with Crippen LogP contribution in [0.1, 0.15) is 6.92 Å². The van der Waals surface area contributed by atoms with Crippen molar-refractivity contribution >= 4 is 5.91 Å². The topological polar surface area (TPSA) is 61.4 Å². The van der Waals surface area contributed by atoms with Gasteiger partial charge >= 0.3 is 6.18 Å². The fraction of sp³-hybridized carbons (Fsp3) is 0.875. The van der Waals surface area contributed by atoms with E-state index >= 15 is 0 Å². The van der Waals surface area contributed by atoms with Gasteiger partial charge in [0.15, 0.2) is 0 Å². The Morgan fingerprint density at radius 1 is 1.35 bits per heavy atom. The minimum atomic E-state index is -4.53. The Morgan fingerprint density at radius 2 is 1.88 bits per heavy atom. The predicted octanol–water partition coefficient (Wildman–Crippen LogP) is 0.269. The summed E-state index contributed by atoms with van der Waals surface area (Å²) in [6, 6.07) is -1.11. The quantitative estimate of drug-likeness (QED) is 0.603. The summed E-state index contributed by atoms with van der Waals surface area (Å²) >= 11 is 0. The van der Waals surface area contributed by atoms with Crippen molar-refractivity contribution in [2.45, 2.75) is 31.7 Å². The molecule has 0 rings (SSSR count). The molecule has 0 fully saturated rings. The maximum Gasteiger partial charge on any atom is 0.405 e. The van der Waals surface area contributed by atoms with Crippen LogP contribution >= 0.6 is 0 Å². The van der Waals surface area contributed by atoms with E-state index in [0.29, 0.717) is 0 Å². The SMILES string of the molecule is CC(NCC(O)C(F)F)C(=O)NCC(F)(F)F. The van der Waals surface area contributed by atoms with Gasteiger partial charge in [0.25, 0.3) is 6.43 Å². The summed E-state index contributed by atoms with van der Waals surface area (Å²) < 4.78 is 58.9. The minimum Gasteiger partial charge on any atom is -0.386 e. The second kappa shape index (κ2) is 6.70. The van der Waals surface area contributed by atoms with Crippen molar-refractivity contribution in [1.29, 1.82) is 0 Å². The Morgan fingerprint density at radius 3 is 2.29 bits per heavy atom. The van der Waals surface area contributed by atoms with Gasteiger partial charge in [-0.2, -0.15) is 13.2 Å². The van der Waals surface area contributed by atoms with Gasteiger partial charge in [0.2, 0.25) is 5.91 Å². The summed E-state index contributed by atoms with van der Waals surface area (Å²) in [5.41, 5.74) is 0. The lowest BCUT2D eigenvalue weighted by Crippen LogP contribution is -2.47. The van der Waals surface area contributed by atoms with E-state index in [0.717, 1.165) is 0 Å². The van der Waals surface area contributed by atoms with Crippen molar-refractivity contribution in [1.82, 2.24) is 10.6 Å². The first kappa shape index (κ1) is 16.0. The lowest BCUT2D eigenvalue weighted by Gasteiger charge is -2.17. The summed E-state index contributed by atoms with van der Waals surface area (Å²) in [4.78, 5) is 11.0. The maximum absolute atomic E-state index is 11.8. The second-order valence-corrected chi connectivity index (χ2v) is 3.36. The average Bonchev–Trinajstić information content (AvgIpc) is 2.20. The number of halogens is 5. The molecule has 0 saturated heterocycles. The van der Waals surface area contributed by atoms with E-state index in [9.17, 15) is 26.7 Å². The third-order valence-electron chi connectivity index (χ3n) is 1.78. The van der Waals surface area contributed by atoms with Crippen LogP contribution in [0.4, 0.5) is 22.0 Å². The summed E-state index contributed by atoms with van der Waals surface area (Å²) in [6.45, 7) is -0.878. The molecule has 0 saturated carbocycles. The highest BCUT2D eigenvalue weighted by Gasteiger charge is 2.28. The number of aliphatic hydroxyl groups is 1. The zero-order valence-corrected chi connectivity index (χ0v) is 8.89. The van der Waals surface area contributed by atoms with Crippen LogP contribution in [-0.4, -0.2) is 48.9 Å². The average molecular weight is 264 g/mol. The number of carbonyl (C=O) groups is 1. The van der Waals surface area contributed by atoms with Gasteiger partial charge in [0.1, 0.15) is 12.6 Å². The van der Waals surface area contributed by atoms with Gasteiger partial charge in [0, 0.05) is 6.54 Å². The molecular weight excluding hydrogens is 251 g/mol. The van der Waals surface area contributed by atoms with Gasteiger partial charge in [0.05, 0.1) is 6.04 Å². The molecule has 0 radical (unpaired) electrons. The van der Waals surface area contributed by atoms with E-state index in [1.165, 1.54) is 6.92 Å². The van der Waals surface area contributed by atoms with E-state index in [4.69, 9.17) is 5.11 Å². The highest BCUT2D eigenvalue weighted by Crippen LogP contribution is 2.12. The number of rotatable bonds is 6. The zero-order valence-electron chi connectivity index (χ0n) is 8.89. The molecule has 102 valence electrons. The van der Waals surface area contributed by atoms with Crippen LogP contribution in [0.15, 0.2) is 0 Å². The molecule has 4 nitrogen and oxygen atoms in total. The van der Waals surface area contributed by atoms with Crippen LogP contribution in [0.25, 0.3) is 0 Å². The Balaban J connectivity index is 3.90. The van der Waals surface area contributed by atoms with Gasteiger partial charge in [-0.15, -0.1) is 0 Å². The Bertz CT molecular complexity index is 247. The summed E-state index contributed by atoms with van der Waals surface area (Å²) in [5, 5.41) is 12.5. The number of nitrogens with one attached hydrogen (secondary N) is 2. The predicted molar refractivity (Wildman–Crippen MR) is 48.5 cm³/mol. The fourth-order valence-electron chi connectivity index (χ4n) is 0.820. The normalized spacial score (nSPS) is 15.8. The Labute approximate surface area is 94.2 Å². The fourth-order valence-corrected chi connectivity index (χ4v) is 0.820. The van der Waals surface area contributed by atoms with E-state index in [2.05, 4.69) is 5.32 Å². The van der Waals surface area contributed by atoms with Crippen LogP contribution in [0.5, 0.6) is 0 Å². The molecule has 0 bridgehead atoms. The molecule has 0 heterocycles.